The summed E-state index contributed by atoms with van der Waals surface area (Å²) < 4.78 is 358. The molecule has 0 atom stereocenters. The third-order valence-electron chi connectivity index (χ3n) is 5.08. The number of alkyl halides is 23. The predicted octanol–water partition coefficient (Wildman–Crippen LogP) is 6.06. The number of halogens is 23. The first-order valence-corrected chi connectivity index (χ1v) is 12.8. The Bertz CT molecular complexity index is 1300. The van der Waals surface area contributed by atoms with Crippen LogP contribution in [-0.4, -0.2) is 98.4 Å². The van der Waals surface area contributed by atoms with Crippen molar-refractivity contribution in [1.82, 2.24) is 4.72 Å². The lowest BCUT2D eigenvalue weighted by molar-refractivity contribution is -0.476. The second-order valence-corrected chi connectivity index (χ2v) is 11.6. The zero-order chi connectivity index (χ0) is 37.3. The molecule has 0 heterocycles. The van der Waals surface area contributed by atoms with Crippen molar-refractivity contribution >= 4 is 20.1 Å². The highest BCUT2D eigenvalue weighted by atomic mass is 32.2. The number of nitrogens with one attached hydrogen (secondary N) is 1. The summed E-state index contributed by atoms with van der Waals surface area (Å²) in [6, 6.07) is 0. The first kappa shape index (κ1) is 43.2. The fourth-order valence-electron chi connectivity index (χ4n) is 2.46. The van der Waals surface area contributed by atoms with Gasteiger partial charge < -0.3 is 0 Å². The molecule has 0 aliphatic rings. The van der Waals surface area contributed by atoms with Crippen LogP contribution in [0, 0.1) is 0 Å². The van der Waals surface area contributed by atoms with Gasteiger partial charge in [0, 0.05) is 6.54 Å². The molecule has 0 fully saturated rings. The Labute approximate surface area is 231 Å². The van der Waals surface area contributed by atoms with Crippen LogP contribution in [0.3, 0.4) is 0 Å². The fraction of sp³-hybridized carbons (Fsp3) is 1.00. The minimum Gasteiger partial charge on any atom is -0.286 e. The van der Waals surface area contributed by atoms with Crippen molar-refractivity contribution < 1.29 is 122 Å². The van der Waals surface area contributed by atoms with Gasteiger partial charge in [-0.1, -0.05) is 0 Å². The van der Waals surface area contributed by atoms with Gasteiger partial charge in [0.1, 0.15) is 0 Å². The summed E-state index contributed by atoms with van der Waals surface area (Å²) in [5.41, 5.74) is 0. The number of hydrogen-bond donors (Lipinski definition) is 2. The lowest BCUT2D eigenvalue weighted by atomic mass is 9.86. The van der Waals surface area contributed by atoms with Crippen LogP contribution in [-0.2, 0) is 20.1 Å². The summed E-state index contributed by atoms with van der Waals surface area (Å²) in [5, 5.41) is -8.04. The molecule has 0 spiro atoms. The average molecular weight is 771 g/mol. The van der Waals surface area contributed by atoms with Gasteiger partial charge in [0.15, 0.2) is 0 Å². The van der Waals surface area contributed by atoms with Gasteiger partial charge in [-0.25, -0.2) is 13.1 Å². The molecular formula is C14H8F23NO5S2. The smallest absolute Gasteiger partial charge is 0.286 e. The molecule has 0 amide bonds. The van der Waals surface area contributed by atoms with E-state index in [0.717, 1.165) is 0 Å². The van der Waals surface area contributed by atoms with Crippen LogP contribution in [0.2, 0.25) is 0 Å². The lowest BCUT2D eigenvalue weighted by Gasteiger charge is -2.45. The van der Waals surface area contributed by atoms with E-state index in [-0.39, 0.29) is 4.72 Å². The molecular weight excluding hydrogens is 763 g/mol. The summed E-state index contributed by atoms with van der Waals surface area (Å²) in [7, 11) is -12.9. The van der Waals surface area contributed by atoms with E-state index in [9.17, 15) is 118 Å². The normalized spacial score (nSPS) is 16.7. The van der Waals surface area contributed by atoms with Crippen molar-refractivity contribution in [2.24, 2.45) is 0 Å². The van der Waals surface area contributed by atoms with Gasteiger partial charge in [0.2, 0.25) is 0 Å². The standard InChI is InChI=1S/C14H8F23NO5S2/c15-4(16,5(17,18)7(21,22)9(25,26)11(29,30)13(33,34)35)6(19,20)8(23,24)10(27,28)12(31,32)14(36,37)45(42,43)38-2-1-3-44(39,40)41/h38H,1-3H2,(H,39,40,41). The molecule has 0 aromatic rings. The Kier molecular flexibility index (Phi) is 10.7. The van der Waals surface area contributed by atoms with Crippen LogP contribution >= 0.6 is 0 Å². The zero-order valence-corrected chi connectivity index (χ0v) is 21.3. The van der Waals surface area contributed by atoms with Gasteiger partial charge in [0.05, 0.1) is 5.75 Å². The summed E-state index contributed by atoms with van der Waals surface area (Å²) >= 11 is 0. The molecule has 31 heteroatoms. The van der Waals surface area contributed by atoms with Crippen molar-refractivity contribution in [3.8, 4) is 0 Å². The molecule has 0 saturated carbocycles. The van der Waals surface area contributed by atoms with Gasteiger partial charge in [0.25, 0.3) is 20.1 Å². The van der Waals surface area contributed by atoms with E-state index in [2.05, 4.69) is 0 Å². The second-order valence-electron chi connectivity index (χ2n) is 8.22. The predicted molar refractivity (Wildman–Crippen MR) is 93.5 cm³/mol. The van der Waals surface area contributed by atoms with E-state index in [4.69, 9.17) is 4.55 Å². The van der Waals surface area contributed by atoms with Crippen molar-refractivity contribution in [3.05, 3.63) is 0 Å². The highest BCUT2D eigenvalue weighted by Crippen LogP contribution is 2.67. The first-order valence-electron chi connectivity index (χ1n) is 9.75. The van der Waals surface area contributed by atoms with Crippen LogP contribution in [0.1, 0.15) is 6.42 Å². The molecule has 0 saturated heterocycles. The van der Waals surface area contributed by atoms with E-state index < -0.39 is 104 Å². The molecule has 0 bridgehead atoms. The maximum atomic E-state index is 13.8. The van der Waals surface area contributed by atoms with Crippen LogP contribution in [0.15, 0.2) is 0 Å². The number of rotatable bonds is 15. The van der Waals surface area contributed by atoms with Crippen LogP contribution in [0.5, 0.6) is 0 Å². The Hall–Kier alpha value is -1.79. The highest BCUT2D eigenvalue weighted by Gasteiger charge is 2.99. The van der Waals surface area contributed by atoms with Gasteiger partial charge in [-0.3, -0.25) is 4.55 Å². The molecule has 45 heavy (non-hydrogen) atoms. The quantitative estimate of drug-likeness (QED) is 0.120. The Balaban J connectivity index is 7.11. The molecule has 0 aromatic carbocycles. The monoisotopic (exact) mass is 771 g/mol. The average Bonchev–Trinajstić information content (AvgIpc) is 2.79. The highest BCUT2D eigenvalue weighted by molar-refractivity contribution is 7.90. The molecule has 0 aromatic heterocycles. The molecule has 0 unspecified atom stereocenters. The van der Waals surface area contributed by atoms with Gasteiger partial charge >= 0.3 is 64.7 Å². The SMILES string of the molecule is O=S(=O)(O)CCCNS(=O)(=O)C(F)(F)C(F)(F)C(F)(F)C(F)(F)C(F)(F)C(F)(F)C(F)(F)C(F)(F)C(F)(F)C(F)(F)C(F)(F)F. The van der Waals surface area contributed by atoms with Crippen molar-refractivity contribution in [1.29, 1.82) is 0 Å². The number of hydrogen-bond acceptors (Lipinski definition) is 4. The van der Waals surface area contributed by atoms with Gasteiger partial charge in [-0.05, 0) is 6.42 Å². The van der Waals surface area contributed by atoms with E-state index >= 15 is 0 Å². The molecule has 0 aliphatic carbocycles. The molecule has 0 aliphatic heterocycles. The van der Waals surface area contributed by atoms with Crippen molar-refractivity contribution in [2.75, 3.05) is 12.3 Å². The van der Waals surface area contributed by atoms with E-state index in [1.807, 2.05) is 0 Å². The molecule has 0 radical (unpaired) electrons. The van der Waals surface area contributed by atoms with Crippen LogP contribution in [0.4, 0.5) is 101 Å². The van der Waals surface area contributed by atoms with E-state index in [1.165, 1.54) is 0 Å². The Morgan fingerprint density at radius 2 is 0.667 bits per heavy atom. The minimum atomic E-state index is -9.63. The third-order valence-corrected chi connectivity index (χ3v) is 7.41. The van der Waals surface area contributed by atoms with Gasteiger partial charge in [-0.15, -0.1) is 0 Å². The summed E-state index contributed by atoms with van der Waals surface area (Å²) in [6.45, 7) is -1.97. The van der Waals surface area contributed by atoms with Crippen molar-refractivity contribution in [3.63, 3.8) is 0 Å². The third kappa shape index (κ3) is 6.05. The van der Waals surface area contributed by atoms with E-state index in [1.54, 1.807) is 0 Å². The largest absolute Gasteiger partial charge is 0.460 e. The topological polar surface area (TPSA) is 101 Å². The van der Waals surface area contributed by atoms with Crippen LogP contribution in [0.25, 0.3) is 0 Å². The Morgan fingerprint density at radius 1 is 0.422 bits per heavy atom. The maximum absolute atomic E-state index is 13.8. The fourth-order valence-corrected chi connectivity index (χ4v) is 4.03. The molecule has 0 rings (SSSR count). The van der Waals surface area contributed by atoms with Gasteiger partial charge in [-0.2, -0.15) is 109 Å². The molecule has 2 N–H and O–H groups in total. The summed E-state index contributed by atoms with van der Waals surface area (Å²) in [5.74, 6) is -85.2. The zero-order valence-electron chi connectivity index (χ0n) is 19.7. The molecule has 6 nitrogen and oxygen atoms in total. The van der Waals surface area contributed by atoms with Crippen molar-refractivity contribution in [2.45, 2.75) is 71.2 Å². The Morgan fingerprint density at radius 3 is 0.911 bits per heavy atom. The second kappa shape index (κ2) is 11.1. The summed E-state index contributed by atoms with van der Waals surface area (Å²) in [4.78, 5) is 0. The molecule has 272 valence electrons. The maximum Gasteiger partial charge on any atom is 0.460 e. The van der Waals surface area contributed by atoms with Crippen LogP contribution < -0.4 is 4.72 Å². The number of sulfonamides is 1. The van der Waals surface area contributed by atoms with E-state index in [0.29, 0.717) is 0 Å². The lowest BCUT2D eigenvalue weighted by Crippen LogP contribution is -2.78. The minimum absolute atomic E-state index is 0.0449. The summed E-state index contributed by atoms with van der Waals surface area (Å²) in [6.07, 6.45) is -9.66. The first-order chi connectivity index (χ1) is 19.0.